The van der Waals surface area contributed by atoms with Crippen LogP contribution in [-0.2, 0) is 14.3 Å². The van der Waals surface area contributed by atoms with Crippen LogP contribution in [0, 0.1) is 5.92 Å². The van der Waals surface area contributed by atoms with Crippen LogP contribution in [0.5, 0.6) is 0 Å². The third kappa shape index (κ3) is 4.06. The maximum absolute atomic E-state index is 12.0. The Morgan fingerprint density at radius 2 is 1.79 bits per heavy atom. The number of hydrogen-bond donors (Lipinski definition) is 2. The van der Waals surface area contributed by atoms with Crippen LogP contribution in [0.3, 0.4) is 0 Å². The van der Waals surface area contributed by atoms with Gasteiger partial charge in [-0.15, -0.1) is 0 Å². The van der Waals surface area contributed by atoms with Gasteiger partial charge in [-0.25, -0.2) is 4.79 Å². The van der Waals surface area contributed by atoms with Crippen LogP contribution >= 0.6 is 0 Å². The van der Waals surface area contributed by atoms with Gasteiger partial charge < -0.3 is 15.8 Å². The molecule has 1 rings (SSSR count). The number of rotatable bonds is 5. The van der Waals surface area contributed by atoms with Gasteiger partial charge >= 0.3 is 5.97 Å². The van der Waals surface area contributed by atoms with E-state index in [9.17, 15) is 9.59 Å². The summed E-state index contributed by atoms with van der Waals surface area (Å²) in [5, 5.41) is 2.63. The predicted molar refractivity (Wildman–Crippen MR) is 72.2 cm³/mol. The number of benzene rings is 1. The van der Waals surface area contributed by atoms with E-state index in [1.54, 1.807) is 12.1 Å². The second kappa shape index (κ2) is 6.89. The highest BCUT2D eigenvalue weighted by Gasteiger charge is 2.27. The molecule has 1 amide bonds. The highest BCUT2D eigenvalue weighted by atomic mass is 16.5. The van der Waals surface area contributed by atoms with Crippen molar-refractivity contribution in [2.45, 2.75) is 25.9 Å². The summed E-state index contributed by atoms with van der Waals surface area (Å²) >= 11 is 0. The van der Waals surface area contributed by atoms with Gasteiger partial charge in [0.25, 0.3) is 0 Å². The summed E-state index contributed by atoms with van der Waals surface area (Å²) in [6, 6.07) is 7.52. The molecule has 0 aliphatic heterocycles. The van der Waals surface area contributed by atoms with E-state index in [1.165, 1.54) is 7.11 Å². The number of hydrogen-bond acceptors (Lipinski definition) is 4. The summed E-state index contributed by atoms with van der Waals surface area (Å²) in [7, 11) is 1.29. The minimum atomic E-state index is -0.799. The normalized spacial score (nSPS) is 13.7. The first kappa shape index (κ1) is 15.2. The monoisotopic (exact) mass is 264 g/mol. The molecular formula is C14H20N2O3. The average molecular weight is 264 g/mol. The molecule has 0 aliphatic rings. The Balaban J connectivity index is 2.75. The van der Waals surface area contributed by atoms with E-state index in [4.69, 9.17) is 5.73 Å². The molecule has 1 aromatic rings. The molecular weight excluding hydrogens is 244 g/mol. The van der Waals surface area contributed by atoms with E-state index >= 15 is 0 Å². The summed E-state index contributed by atoms with van der Waals surface area (Å²) in [5.41, 5.74) is 6.57. The lowest BCUT2D eigenvalue weighted by Crippen LogP contribution is -2.48. The van der Waals surface area contributed by atoms with Gasteiger partial charge in [0.05, 0.1) is 7.11 Å². The molecule has 1 unspecified atom stereocenters. The Labute approximate surface area is 113 Å². The van der Waals surface area contributed by atoms with Gasteiger partial charge in [-0.2, -0.15) is 0 Å². The van der Waals surface area contributed by atoms with Crippen LogP contribution in [-0.4, -0.2) is 25.0 Å². The minimum Gasteiger partial charge on any atom is -0.467 e. The number of nitrogens with one attached hydrogen (secondary N) is 1. The topological polar surface area (TPSA) is 81.4 Å². The fraction of sp³-hybridized carbons (Fsp3) is 0.429. The van der Waals surface area contributed by atoms with Gasteiger partial charge in [-0.1, -0.05) is 44.2 Å². The van der Waals surface area contributed by atoms with E-state index in [-0.39, 0.29) is 5.92 Å². The second-order valence-corrected chi connectivity index (χ2v) is 4.64. The molecule has 19 heavy (non-hydrogen) atoms. The van der Waals surface area contributed by atoms with Gasteiger partial charge in [0.1, 0.15) is 12.1 Å². The molecule has 2 atom stereocenters. The molecule has 5 heteroatoms. The Morgan fingerprint density at radius 3 is 2.26 bits per heavy atom. The number of methoxy groups -OCH3 is 1. The van der Waals surface area contributed by atoms with Crippen LogP contribution < -0.4 is 11.1 Å². The highest BCUT2D eigenvalue weighted by Crippen LogP contribution is 2.11. The maximum Gasteiger partial charge on any atom is 0.328 e. The van der Waals surface area contributed by atoms with Crippen molar-refractivity contribution in [3.63, 3.8) is 0 Å². The van der Waals surface area contributed by atoms with Crippen molar-refractivity contribution in [1.29, 1.82) is 0 Å². The van der Waals surface area contributed by atoms with Crippen LogP contribution in [0.1, 0.15) is 25.5 Å². The van der Waals surface area contributed by atoms with Crippen LogP contribution in [0.4, 0.5) is 0 Å². The lowest BCUT2D eigenvalue weighted by molar-refractivity contribution is -0.146. The molecule has 5 nitrogen and oxygen atoms in total. The Hall–Kier alpha value is -1.88. The molecule has 3 N–H and O–H groups in total. The third-order valence-electron chi connectivity index (χ3n) is 2.86. The van der Waals surface area contributed by atoms with E-state index in [1.807, 2.05) is 32.0 Å². The third-order valence-corrected chi connectivity index (χ3v) is 2.86. The molecule has 0 saturated carbocycles. The number of esters is 1. The van der Waals surface area contributed by atoms with Crippen molar-refractivity contribution in [3.05, 3.63) is 35.9 Å². The van der Waals surface area contributed by atoms with Gasteiger partial charge in [0.15, 0.2) is 0 Å². The molecule has 0 spiro atoms. The van der Waals surface area contributed by atoms with Crippen LogP contribution in [0.2, 0.25) is 0 Å². The first-order chi connectivity index (χ1) is 8.97. The van der Waals surface area contributed by atoms with Gasteiger partial charge in [-0.3, -0.25) is 4.79 Å². The van der Waals surface area contributed by atoms with E-state index < -0.39 is 24.0 Å². The second-order valence-electron chi connectivity index (χ2n) is 4.64. The lowest BCUT2D eigenvalue weighted by atomic mass is 10.0. The molecule has 0 aromatic heterocycles. The lowest BCUT2D eigenvalue weighted by Gasteiger charge is -2.22. The molecule has 0 radical (unpaired) electrons. The van der Waals surface area contributed by atoms with Crippen LogP contribution in [0.25, 0.3) is 0 Å². The summed E-state index contributed by atoms with van der Waals surface area (Å²) < 4.78 is 4.67. The van der Waals surface area contributed by atoms with E-state index in [2.05, 4.69) is 10.1 Å². The summed E-state index contributed by atoms with van der Waals surface area (Å²) in [4.78, 5) is 23.6. The van der Waals surface area contributed by atoms with Crippen molar-refractivity contribution in [2.75, 3.05) is 7.11 Å². The quantitative estimate of drug-likeness (QED) is 0.777. The van der Waals surface area contributed by atoms with Crippen molar-refractivity contribution in [1.82, 2.24) is 5.32 Å². The van der Waals surface area contributed by atoms with E-state index in [0.717, 1.165) is 0 Å². The first-order valence-electron chi connectivity index (χ1n) is 6.16. The number of nitrogens with two attached hydrogens (primary N) is 1. The van der Waals surface area contributed by atoms with Crippen LogP contribution in [0.15, 0.2) is 30.3 Å². The fourth-order valence-electron chi connectivity index (χ4n) is 1.68. The van der Waals surface area contributed by atoms with E-state index in [0.29, 0.717) is 5.56 Å². The minimum absolute atomic E-state index is 0.0700. The average Bonchev–Trinajstić information content (AvgIpc) is 2.43. The predicted octanol–water partition coefficient (Wildman–Crippen LogP) is 1.00. The van der Waals surface area contributed by atoms with Gasteiger partial charge in [0, 0.05) is 0 Å². The summed E-state index contributed by atoms with van der Waals surface area (Å²) in [5.74, 6) is -0.932. The van der Waals surface area contributed by atoms with Crippen molar-refractivity contribution < 1.29 is 14.3 Å². The Bertz CT molecular complexity index is 432. The molecule has 0 heterocycles. The number of amides is 1. The first-order valence-corrected chi connectivity index (χ1v) is 6.16. The zero-order chi connectivity index (χ0) is 14.4. The molecule has 1 aromatic carbocycles. The maximum atomic E-state index is 12.0. The molecule has 0 aliphatic carbocycles. The summed E-state index contributed by atoms with van der Waals surface area (Å²) in [6.07, 6.45) is 0. The Kier molecular flexibility index (Phi) is 5.51. The molecule has 0 saturated heterocycles. The number of carbonyl (C=O) groups is 2. The molecule has 0 fully saturated rings. The standard InChI is InChI=1S/C14H20N2O3/c1-9(2)12(14(18)19-3)16-13(17)11(15)10-7-5-4-6-8-10/h4-9,11-12H,15H2,1-3H3,(H,16,17)/t11?,12-/m0/s1. The van der Waals surface area contributed by atoms with Crippen molar-refractivity contribution >= 4 is 11.9 Å². The summed E-state index contributed by atoms with van der Waals surface area (Å²) in [6.45, 7) is 3.66. The fourth-order valence-corrected chi connectivity index (χ4v) is 1.68. The number of carbonyl (C=O) groups excluding carboxylic acids is 2. The highest BCUT2D eigenvalue weighted by molar-refractivity contribution is 5.88. The number of ether oxygens (including phenoxy) is 1. The molecule has 0 bridgehead atoms. The van der Waals surface area contributed by atoms with Crippen molar-refractivity contribution in [2.24, 2.45) is 11.7 Å². The van der Waals surface area contributed by atoms with Gasteiger partial charge in [-0.05, 0) is 11.5 Å². The SMILES string of the molecule is COC(=O)[C@@H](NC(=O)C(N)c1ccccc1)C(C)C. The zero-order valence-electron chi connectivity index (χ0n) is 11.4. The smallest absolute Gasteiger partial charge is 0.328 e. The van der Waals surface area contributed by atoms with Crippen molar-refractivity contribution in [3.8, 4) is 0 Å². The Morgan fingerprint density at radius 1 is 1.21 bits per heavy atom. The zero-order valence-corrected chi connectivity index (χ0v) is 11.4. The van der Waals surface area contributed by atoms with Gasteiger partial charge in [0.2, 0.25) is 5.91 Å². The molecule has 104 valence electrons. The largest absolute Gasteiger partial charge is 0.467 e.